The first kappa shape index (κ1) is 41.2. The third-order valence-electron chi connectivity index (χ3n) is 22.6. The number of hydrogen-bond donors (Lipinski definition) is 0. The molecular formula is C121H76O3. The number of benzene rings is 23. The van der Waals surface area contributed by atoms with Crippen LogP contribution in [-0.2, 0) is 0 Å². The fraction of sp³-hybridized carbons (Fsp3) is 0.00826. The summed E-state index contributed by atoms with van der Waals surface area (Å²) in [7, 11) is 0. The van der Waals surface area contributed by atoms with E-state index >= 15 is 0 Å². The summed E-state index contributed by atoms with van der Waals surface area (Å²) < 4.78 is 395. The van der Waals surface area contributed by atoms with Crippen LogP contribution in [0.25, 0.3) is 252 Å². The maximum Gasteiger partial charge on any atom is 0.143 e. The predicted octanol–water partition coefficient (Wildman–Crippen LogP) is 34.8. The Balaban J connectivity index is 0.000000132. The number of rotatable bonds is 8. The van der Waals surface area contributed by atoms with Gasteiger partial charge in [0.25, 0.3) is 0 Å². The van der Waals surface area contributed by atoms with Gasteiger partial charge in [-0.2, -0.15) is 0 Å². The van der Waals surface area contributed by atoms with E-state index in [1.807, 2.05) is 134 Å². The number of para-hydroxylation sites is 1. The van der Waals surface area contributed by atoms with Crippen molar-refractivity contribution in [3.05, 3.63) is 447 Å². The Morgan fingerprint density at radius 2 is 0.516 bits per heavy atom. The maximum atomic E-state index is 9.68. The Morgan fingerprint density at radius 3 is 0.984 bits per heavy atom. The Kier molecular flexibility index (Phi) is 9.85. The summed E-state index contributed by atoms with van der Waals surface area (Å²) in [5.41, 5.74) is 3.05. The first-order chi connectivity index (χ1) is 78.9. The van der Waals surface area contributed by atoms with Gasteiger partial charge in [0.2, 0.25) is 0 Å². The van der Waals surface area contributed by atoms with Gasteiger partial charge in [0.15, 0.2) is 0 Å². The van der Waals surface area contributed by atoms with Crippen LogP contribution in [0, 0.1) is 6.92 Å². The van der Waals surface area contributed by atoms with Crippen LogP contribution in [-0.4, -0.2) is 0 Å². The lowest BCUT2D eigenvalue weighted by Crippen LogP contribution is -1.92. The molecule has 0 spiro atoms. The molecule has 0 saturated heterocycles. The summed E-state index contributed by atoms with van der Waals surface area (Å²) in [4.78, 5) is 0. The number of hydrogen-bond acceptors (Lipinski definition) is 3. The standard InChI is InChI=1S/2C42H26O.C37H24O/c1-3-13-27(14-4-1)36-24-31(25-38-37-23-29-17-7-8-18-30(29)26-39(37)43-42(36)38)41-34-21-11-9-19-32(34)40(28-15-5-2-6-16-28)33-20-10-12-22-35(33)41;1-2-12-27(13-3-1)29-23-24-37(31-15-5-4-14-30(29)31)42-35-19-8-6-17-33(35)41(34-18-7-9-20-36(34)42)28-22-25-40-38(26-28)32-16-10-11-21-39(32)43-40;1-23-19-27(21-33-32-20-25-13-5-6-14-26(25)22-34(32)38-37(23)33)36-30-17-9-7-15-28(30)35(24-11-3-2-4-12-24)29-16-8-10-18-31(29)36/h2*1-26H;2-22H,1H3/i9D,10D,11D,12D,19D,20D,21D,22D;1D,2D,3D,4D,5D,6D,7D,8D,9D,10D,11D,12D,13D,14D,15D,16D,17D,18D,19D,20D,21D,22D,23D,24D,25D,26D;7D,8D,9D,10D,15D,16D,17D,18D. The summed E-state index contributed by atoms with van der Waals surface area (Å²) in [5, 5.41) is 3.61. The van der Waals surface area contributed by atoms with Crippen LogP contribution in [0.5, 0.6) is 0 Å². The van der Waals surface area contributed by atoms with Crippen LogP contribution in [0.15, 0.2) is 455 Å². The van der Waals surface area contributed by atoms with Crippen molar-refractivity contribution in [3.8, 4) is 89.0 Å². The lowest BCUT2D eigenvalue weighted by molar-refractivity contribution is 0.666. The van der Waals surface area contributed by atoms with Gasteiger partial charge in [-0.25, -0.2) is 0 Å². The normalized spacial score (nSPS) is 16.5. The average Bonchev–Trinajstić information content (AvgIpc) is 0.865. The van der Waals surface area contributed by atoms with Crippen LogP contribution < -0.4 is 0 Å². The molecular weight excluding hydrogens is 1500 g/mol. The molecule has 0 saturated carbocycles. The highest BCUT2D eigenvalue weighted by molar-refractivity contribution is 6.28. The monoisotopic (exact) mass is 1620 g/mol. The fourth-order valence-corrected chi connectivity index (χ4v) is 17.3. The highest BCUT2D eigenvalue weighted by atomic mass is 16.3. The minimum atomic E-state index is -1.07. The minimum absolute atomic E-state index is 0.175. The molecule has 0 atom stereocenters. The van der Waals surface area contributed by atoms with Gasteiger partial charge < -0.3 is 13.3 Å². The highest BCUT2D eigenvalue weighted by Crippen LogP contribution is 2.52. The number of furan rings is 3. The van der Waals surface area contributed by atoms with E-state index in [4.69, 9.17) is 50.3 Å². The topological polar surface area (TPSA) is 39.4 Å². The first-order valence-corrected chi connectivity index (χ1v) is 39.2. The summed E-state index contributed by atoms with van der Waals surface area (Å²) in [5.74, 6) is 0. The second-order valence-electron chi connectivity index (χ2n) is 29.5. The van der Waals surface area contributed by atoms with Gasteiger partial charge in [0.1, 0.15) is 33.5 Å². The Hall–Kier alpha value is -16.2. The largest absolute Gasteiger partial charge is 0.456 e. The zero-order chi connectivity index (χ0) is 118. The molecule has 0 fully saturated rings. The zero-order valence-corrected chi connectivity index (χ0v) is 64.6. The van der Waals surface area contributed by atoms with E-state index in [0.717, 1.165) is 59.8 Å². The van der Waals surface area contributed by atoms with E-state index in [9.17, 15) is 20.6 Å². The molecule has 26 aromatic rings. The molecule has 3 heterocycles. The molecule has 0 amide bonds. The Bertz CT molecular complexity index is 11300. The molecule has 3 nitrogen and oxygen atoms in total. The molecule has 0 aliphatic carbocycles. The van der Waals surface area contributed by atoms with Crippen LogP contribution in [0.2, 0.25) is 0 Å². The summed E-state index contributed by atoms with van der Waals surface area (Å²) in [6.45, 7) is 1.90. The number of fused-ring (bicyclic) bond motifs is 18. The molecule has 0 aliphatic rings. The van der Waals surface area contributed by atoms with Crippen molar-refractivity contribution in [2.75, 3.05) is 0 Å². The SMILES string of the molecule is [2H]c1c([2H])c([2H])c(-c2c([2H])c([2H])c(-c3c4c([2H])c([2H])c([2H])c([2H])c4c(-c4c([2H])c([2H])c5oc6c([2H])c([2H])c([2H])c([2H])c6c5c4[2H])c4c([2H])c([2H])c([2H])c([2H])c34)c3c([2H])c([2H])c([2H])c([2H])c23)c([2H])c1[2H].[2H]c1c([2H])c([2H])c2c(-c3cc(-c4ccccc4)c4oc5cc6ccccc6cc5c4c3)c3c([2H])c([2H])c([2H])c([2H])c3c(-c3ccccc3)c2c1[2H].[2H]c1c([2H])c([2H])c2c(-c3cc(C)c4oc5cc6ccccc6cc5c4c3)c3c([2H])c([2H])c([2H])c([2H])c3c(-c3ccccc3)c2c1[2H]. The smallest absolute Gasteiger partial charge is 0.143 e. The van der Waals surface area contributed by atoms with Gasteiger partial charge in [0, 0.05) is 37.9 Å². The molecule has 0 unspecified atom stereocenters. The van der Waals surface area contributed by atoms with E-state index in [0.29, 0.717) is 66.8 Å². The van der Waals surface area contributed by atoms with Gasteiger partial charge in [0.05, 0.1) is 57.6 Å². The van der Waals surface area contributed by atoms with Crippen molar-refractivity contribution in [3.63, 3.8) is 0 Å². The predicted molar refractivity (Wildman–Crippen MR) is 527 cm³/mol. The van der Waals surface area contributed by atoms with Gasteiger partial charge >= 0.3 is 0 Å². The second kappa shape index (κ2) is 29.6. The highest BCUT2D eigenvalue weighted by Gasteiger charge is 2.26. The molecule has 3 aromatic heterocycles. The van der Waals surface area contributed by atoms with Crippen molar-refractivity contribution in [2.45, 2.75) is 6.92 Å². The van der Waals surface area contributed by atoms with Crippen LogP contribution in [0.4, 0.5) is 0 Å². The van der Waals surface area contributed by atoms with Crippen molar-refractivity contribution in [2.24, 2.45) is 0 Å². The van der Waals surface area contributed by atoms with Gasteiger partial charge in [-0.3, -0.25) is 0 Å². The van der Waals surface area contributed by atoms with Crippen molar-refractivity contribution in [1.82, 2.24) is 0 Å². The van der Waals surface area contributed by atoms with Gasteiger partial charge in [-0.15, -0.1) is 0 Å². The lowest BCUT2D eigenvalue weighted by Gasteiger charge is -2.19. The third-order valence-corrected chi connectivity index (χ3v) is 22.6. The van der Waals surface area contributed by atoms with E-state index < -0.39 is 293 Å². The quantitative estimate of drug-likeness (QED) is 0.142. The van der Waals surface area contributed by atoms with Crippen LogP contribution in [0.1, 0.15) is 63.1 Å². The van der Waals surface area contributed by atoms with Crippen molar-refractivity contribution < 1.29 is 70.8 Å². The Labute approximate surface area is 774 Å². The molecule has 26 rings (SSSR count). The Morgan fingerprint density at radius 1 is 0.177 bits per heavy atom. The lowest BCUT2D eigenvalue weighted by atomic mass is 9.83. The van der Waals surface area contributed by atoms with Crippen LogP contribution >= 0.6 is 0 Å². The molecule has 3 heteroatoms. The average molecular weight is 1620 g/mol. The summed E-state index contributed by atoms with van der Waals surface area (Å²) in [6, 6.07) is 29.7. The number of aryl methyl sites for hydroxylation is 1. The molecule has 0 aliphatic heterocycles. The minimum Gasteiger partial charge on any atom is -0.456 e. The fourth-order valence-electron chi connectivity index (χ4n) is 17.3. The molecule has 0 bridgehead atoms. The molecule has 23 aromatic carbocycles. The maximum absolute atomic E-state index is 9.68. The van der Waals surface area contributed by atoms with Gasteiger partial charge in [-0.05, 0) is 260 Å². The van der Waals surface area contributed by atoms with E-state index in [-0.39, 0.29) is 91.4 Å². The zero-order valence-electron chi connectivity index (χ0n) is 107. The summed E-state index contributed by atoms with van der Waals surface area (Å²) in [6.07, 6.45) is 0. The van der Waals surface area contributed by atoms with Crippen molar-refractivity contribution >= 4 is 163 Å². The molecule has 124 heavy (non-hydrogen) atoms. The van der Waals surface area contributed by atoms with Crippen molar-refractivity contribution in [1.29, 1.82) is 0 Å². The van der Waals surface area contributed by atoms with E-state index in [1.165, 1.54) is 0 Å². The van der Waals surface area contributed by atoms with Gasteiger partial charge in [-0.1, -0.05) is 375 Å². The molecule has 0 N–H and O–H groups in total. The second-order valence-corrected chi connectivity index (χ2v) is 29.5. The molecule has 0 radical (unpaired) electrons. The van der Waals surface area contributed by atoms with Crippen LogP contribution in [0.3, 0.4) is 0 Å². The summed E-state index contributed by atoms with van der Waals surface area (Å²) >= 11 is 0. The van der Waals surface area contributed by atoms with E-state index in [2.05, 4.69) is 12.1 Å². The first-order valence-electron chi connectivity index (χ1n) is 60.2. The molecule has 578 valence electrons. The third kappa shape index (κ3) is 12.0. The van der Waals surface area contributed by atoms with E-state index in [1.54, 1.807) is 48.5 Å².